The molecule has 0 spiro atoms. The summed E-state index contributed by atoms with van der Waals surface area (Å²) in [5.41, 5.74) is 2.27. The molecule has 1 aromatic heterocycles. The lowest BCUT2D eigenvalue weighted by atomic mass is 9.70. The highest BCUT2D eigenvalue weighted by Crippen LogP contribution is 2.39. The first-order valence-electron chi connectivity index (χ1n) is 10.4. The highest BCUT2D eigenvalue weighted by atomic mass is 32.2. The summed E-state index contributed by atoms with van der Waals surface area (Å²) in [4.78, 5) is 30.5. The molecule has 1 fully saturated rings. The molecule has 5 nitrogen and oxygen atoms in total. The van der Waals surface area contributed by atoms with Crippen molar-refractivity contribution in [3.8, 4) is 0 Å². The van der Waals surface area contributed by atoms with Gasteiger partial charge < -0.3 is 5.32 Å². The van der Waals surface area contributed by atoms with E-state index in [1.165, 1.54) is 6.42 Å². The van der Waals surface area contributed by atoms with Crippen molar-refractivity contribution in [3.05, 3.63) is 21.6 Å². The van der Waals surface area contributed by atoms with E-state index in [9.17, 15) is 9.59 Å². The van der Waals surface area contributed by atoms with E-state index in [0.29, 0.717) is 12.3 Å². The third-order valence-electron chi connectivity index (χ3n) is 6.30. The summed E-state index contributed by atoms with van der Waals surface area (Å²) in [6, 6.07) is 0.189. The van der Waals surface area contributed by atoms with Crippen LogP contribution in [0.25, 0.3) is 0 Å². The Bertz CT molecular complexity index is 801. The van der Waals surface area contributed by atoms with Gasteiger partial charge in [-0.05, 0) is 56.3 Å². The van der Waals surface area contributed by atoms with Crippen LogP contribution in [0.2, 0.25) is 0 Å². The minimum absolute atomic E-state index is 0.0637. The number of hydrogen-bond donors (Lipinski definition) is 1. The van der Waals surface area contributed by atoms with Crippen molar-refractivity contribution in [1.82, 2.24) is 14.9 Å². The lowest BCUT2D eigenvalue weighted by molar-refractivity contribution is -0.123. The summed E-state index contributed by atoms with van der Waals surface area (Å²) in [7, 11) is 0. The Labute approximate surface area is 165 Å². The van der Waals surface area contributed by atoms with Gasteiger partial charge in [0.1, 0.15) is 0 Å². The number of hydrogen-bond acceptors (Lipinski definition) is 4. The molecule has 0 bridgehead atoms. The summed E-state index contributed by atoms with van der Waals surface area (Å²) < 4.78 is 1.81. The smallest absolute Gasteiger partial charge is 0.257 e. The number of aromatic nitrogens is 2. The van der Waals surface area contributed by atoms with Crippen molar-refractivity contribution in [3.63, 3.8) is 0 Å². The van der Waals surface area contributed by atoms with Gasteiger partial charge in [0.2, 0.25) is 5.91 Å². The van der Waals surface area contributed by atoms with Gasteiger partial charge in [-0.25, -0.2) is 4.98 Å². The predicted molar refractivity (Wildman–Crippen MR) is 108 cm³/mol. The van der Waals surface area contributed by atoms with E-state index in [0.717, 1.165) is 60.7 Å². The number of rotatable bonds is 3. The number of carbonyl (C=O) groups excluding carboxylic acids is 1. The molecule has 0 radical (unpaired) electrons. The molecule has 3 unspecified atom stereocenters. The summed E-state index contributed by atoms with van der Waals surface area (Å²) >= 11 is 1.62. The van der Waals surface area contributed by atoms with Crippen LogP contribution in [0.15, 0.2) is 9.95 Å². The number of nitrogens with one attached hydrogen (secondary N) is 1. The highest BCUT2D eigenvalue weighted by Gasteiger charge is 2.34. The lowest BCUT2D eigenvalue weighted by Crippen LogP contribution is -2.43. The fourth-order valence-electron chi connectivity index (χ4n) is 5.42. The maximum absolute atomic E-state index is 13.0. The predicted octanol–water partition coefficient (Wildman–Crippen LogP) is 3.49. The van der Waals surface area contributed by atoms with Crippen LogP contribution in [0.4, 0.5) is 0 Å². The third-order valence-corrected chi connectivity index (χ3v) is 7.39. The van der Waals surface area contributed by atoms with E-state index in [2.05, 4.69) is 26.1 Å². The van der Waals surface area contributed by atoms with Crippen LogP contribution >= 0.6 is 11.8 Å². The Morgan fingerprint density at radius 1 is 1.30 bits per heavy atom. The van der Waals surface area contributed by atoms with Crippen LogP contribution in [-0.4, -0.2) is 27.3 Å². The molecule has 1 N–H and O–H groups in total. The van der Waals surface area contributed by atoms with E-state index >= 15 is 0 Å². The summed E-state index contributed by atoms with van der Waals surface area (Å²) in [6.07, 6.45) is 7.63. The highest BCUT2D eigenvalue weighted by molar-refractivity contribution is 7.99. The maximum atomic E-state index is 13.0. The summed E-state index contributed by atoms with van der Waals surface area (Å²) in [6.45, 7) is 6.86. The van der Waals surface area contributed by atoms with Crippen molar-refractivity contribution in [1.29, 1.82) is 0 Å². The first-order chi connectivity index (χ1) is 12.8. The monoisotopic (exact) mass is 389 g/mol. The van der Waals surface area contributed by atoms with Crippen molar-refractivity contribution >= 4 is 17.7 Å². The molecule has 1 amide bonds. The maximum Gasteiger partial charge on any atom is 0.257 e. The Balaban J connectivity index is 1.46. The zero-order valence-electron chi connectivity index (χ0n) is 16.7. The van der Waals surface area contributed by atoms with E-state index in [1.807, 2.05) is 4.57 Å². The first-order valence-corrected chi connectivity index (χ1v) is 11.4. The number of thioether (sulfide) groups is 1. The largest absolute Gasteiger partial charge is 0.353 e. The van der Waals surface area contributed by atoms with Gasteiger partial charge in [-0.3, -0.25) is 14.2 Å². The van der Waals surface area contributed by atoms with Crippen molar-refractivity contribution in [2.75, 3.05) is 5.75 Å². The third kappa shape index (κ3) is 3.96. The first kappa shape index (κ1) is 19.0. The molecule has 6 heteroatoms. The molecule has 1 aliphatic heterocycles. The molecule has 1 aromatic rings. The molecule has 27 heavy (non-hydrogen) atoms. The SMILES string of the molecule is CC1CC(NC(=O)CC2CSc3nc4c(c(=O)n32)CCCC4)CC(C)(C)C1. The average Bonchev–Trinajstić information content (AvgIpc) is 2.96. The van der Waals surface area contributed by atoms with Crippen LogP contribution in [-0.2, 0) is 17.6 Å². The summed E-state index contributed by atoms with van der Waals surface area (Å²) in [5.74, 6) is 1.48. The van der Waals surface area contributed by atoms with Crippen LogP contribution < -0.4 is 10.9 Å². The lowest BCUT2D eigenvalue weighted by Gasteiger charge is -2.39. The fraction of sp³-hybridized carbons (Fsp3) is 0.762. The van der Waals surface area contributed by atoms with E-state index in [1.54, 1.807) is 11.8 Å². The van der Waals surface area contributed by atoms with Crippen LogP contribution in [0, 0.1) is 11.3 Å². The minimum Gasteiger partial charge on any atom is -0.353 e. The topological polar surface area (TPSA) is 64.0 Å². The zero-order valence-corrected chi connectivity index (χ0v) is 17.5. The van der Waals surface area contributed by atoms with E-state index < -0.39 is 0 Å². The van der Waals surface area contributed by atoms with Gasteiger partial charge in [0, 0.05) is 23.8 Å². The summed E-state index contributed by atoms with van der Waals surface area (Å²) in [5, 5.41) is 4.07. The molecule has 2 aliphatic carbocycles. The molecule has 148 valence electrons. The second-order valence-corrected chi connectivity index (χ2v) is 10.5. The second-order valence-electron chi connectivity index (χ2n) is 9.55. The quantitative estimate of drug-likeness (QED) is 0.804. The number of carbonyl (C=O) groups is 1. The average molecular weight is 390 g/mol. The minimum atomic E-state index is -0.0637. The van der Waals surface area contributed by atoms with Crippen LogP contribution in [0.1, 0.15) is 76.6 Å². The molecule has 2 heterocycles. The Morgan fingerprint density at radius 2 is 2.07 bits per heavy atom. The normalized spacial score (nSPS) is 29.1. The van der Waals surface area contributed by atoms with Gasteiger partial charge in [0.05, 0.1) is 11.7 Å². The number of amides is 1. The molecule has 1 saturated carbocycles. The molecule has 3 atom stereocenters. The Hall–Kier alpha value is -1.30. The van der Waals surface area contributed by atoms with E-state index in [4.69, 9.17) is 4.98 Å². The number of nitrogens with zero attached hydrogens (tertiary/aromatic N) is 2. The fourth-order valence-corrected chi connectivity index (χ4v) is 6.57. The van der Waals surface area contributed by atoms with Gasteiger partial charge in [-0.1, -0.05) is 32.5 Å². The van der Waals surface area contributed by atoms with Gasteiger partial charge in [0.15, 0.2) is 5.16 Å². The van der Waals surface area contributed by atoms with Gasteiger partial charge >= 0.3 is 0 Å². The van der Waals surface area contributed by atoms with Crippen molar-refractivity contribution < 1.29 is 4.79 Å². The molecular weight excluding hydrogens is 358 g/mol. The van der Waals surface area contributed by atoms with Gasteiger partial charge in [-0.15, -0.1) is 0 Å². The standard InChI is InChI=1S/C21H31N3O2S/c1-13-8-14(11-21(2,3)10-13)22-18(25)9-15-12-27-20-23-17-7-5-4-6-16(17)19(26)24(15)20/h13-15H,4-12H2,1-3H3,(H,22,25). The molecule has 3 aliphatic rings. The van der Waals surface area contributed by atoms with Crippen LogP contribution in [0.3, 0.4) is 0 Å². The Kier molecular flexibility index (Phi) is 5.12. The molecule has 0 saturated heterocycles. The Morgan fingerprint density at radius 3 is 2.85 bits per heavy atom. The molecular formula is C21H31N3O2S. The number of fused-ring (bicyclic) bond motifs is 2. The van der Waals surface area contributed by atoms with Crippen molar-refractivity contribution in [2.24, 2.45) is 11.3 Å². The zero-order chi connectivity index (χ0) is 19.2. The van der Waals surface area contributed by atoms with Gasteiger partial charge in [0.25, 0.3) is 5.56 Å². The van der Waals surface area contributed by atoms with E-state index in [-0.39, 0.29) is 29.0 Å². The molecule has 4 rings (SSSR count). The number of aryl methyl sites for hydroxylation is 1. The van der Waals surface area contributed by atoms with Crippen LogP contribution in [0.5, 0.6) is 0 Å². The molecule has 0 aromatic carbocycles. The second kappa shape index (κ2) is 7.26. The van der Waals surface area contributed by atoms with Crippen molar-refractivity contribution in [2.45, 2.75) is 89.4 Å². The van der Waals surface area contributed by atoms with Gasteiger partial charge in [-0.2, -0.15) is 0 Å².